The fourth-order valence-corrected chi connectivity index (χ4v) is 3.04. The molecule has 0 aromatic heterocycles. The molecule has 0 saturated heterocycles. The van der Waals surface area contributed by atoms with Gasteiger partial charge in [0.25, 0.3) is 0 Å². The standard InChI is InChI=1S/C24H28N2O3/c1-6-26(18(4)21-11-7-20(16-25)8-12-21)24(27)14-10-19-9-13-22(29-17(2)3)23(15-19)28-5/h7-15,17-18H,6H2,1-5H3/b14-10+. The molecule has 5 heteroatoms. The number of nitrogens with zero attached hydrogens (tertiary/aromatic N) is 2. The summed E-state index contributed by atoms with van der Waals surface area (Å²) in [6.07, 6.45) is 3.40. The molecule has 0 fully saturated rings. The first kappa shape index (κ1) is 22.0. The van der Waals surface area contributed by atoms with E-state index in [-0.39, 0.29) is 18.1 Å². The summed E-state index contributed by atoms with van der Waals surface area (Å²) in [4.78, 5) is 14.6. The Balaban J connectivity index is 2.15. The van der Waals surface area contributed by atoms with Gasteiger partial charge in [-0.1, -0.05) is 18.2 Å². The number of amides is 1. The molecule has 0 saturated carbocycles. The van der Waals surface area contributed by atoms with E-state index < -0.39 is 0 Å². The Bertz CT molecular complexity index is 895. The van der Waals surface area contributed by atoms with Crippen molar-refractivity contribution in [2.45, 2.75) is 39.8 Å². The zero-order valence-corrected chi connectivity index (χ0v) is 17.7. The van der Waals surface area contributed by atoms with Crippen LogP contribution in [0.2, 0.25) is 0 Å². The van der Waals surface area contributed by atoms with Crippen molar-refractivity contribution >= 4 is 12.0 Å². The molecule has 5 nitrogen and oxygen atoms in total. The number of likely N-dealkylation sites (N-methyl/N-ethyl adjacent to an activating group) is 1. The van der Waals surface area contributed by atoms with E-state index in [4.69, 9.17) is 14.7 Å². The molecule has 2 aromatic rings. The van der Waals surface area contributed by atoms with Gasteiger partial charge >= 0.3 is 0 Å². The molecule has 0 aliphatic heterocycles. The van der Waals surface area contributed by atoms with E-state index in [0.29, 0.717) is 23.6 Å². The highest BCUT2D eigenvalue weighted by molar-refractivity contribution is 5.92. The minimum absolute atomic E-state index is 0.0497. The number of hydrogen-bond acceptors (Lipinski definition) is 4. The second-order valence-corrected chi connectivity index (χ2v) is 6.94. The molecule has 1 atom stereocenters. The fourth-order valence-electron chi connectivity index (χ4n) is 3.04. The number of methoxy groups -OCH3 is 1. The molecule has 29 heavy (non-hydrogen) atoms. The highest BCUT2D eigenvalue weighted by atomic mass is 16.5. The zero-order valence-electron chi connectivity index (χ0n) is 17.7. The zero-order chi connectivity index (χ0) is 21.4. The summed E-state index contributed by atoms with van der Waals surface area (Å²) in [5.41, 5.74) is 2.45. The van der Waals surface area contributed by atoms with Crippen molar-refractivity contribution in [3.8, 4) is 17.6 Å². The highest BCUT2D eigenvalue weighted by Gasteiger charge is 2.18. The number of rotatable bonds is 8. The van der Waals surface area contributed by atoms with Crippen molar-refractivity contribution in [3.63, 3.8) is 0 Å². The van der Waals surface area contributed by atoms with Crippen molar-refractivity contribution in [2.24, 2.45) is 0 Å². The van der Waals surface area contributed by atoms with E-state index in [0.717, 1.165) is 11.1 Å². The van der Waals surface area contributed by atoms with E-state index in [1.54, 1.807) is 36.3 Å². The lowest BCUT2D eigenvalue weighted by Gasteiger charge is -2.27. The second kappa shape index (κ2) is 10.3. The lowest BCUT2D eigenvalue weighted by molar-refractivity contribution is -0.127. The fraction of sp³-hybridized carbons (Fsp3) is 0.333. The molecule has 0 aliphatic carbocycles. The Morgan fingerprint density at radius 2 is 1.83 bits per heavy atom. The highest BCUT2D eigenvalue weighted by Crippen LogP contribution is 2.29. The smallest absolute Gasteiger partial charge is 0.247 e. The monoisotopic (exact) mass is 392 g/mol. The predicted molar refractivity (Wildman–Crippen MR) is 115 cm³/mol. The van der Waals surface area contributed by atoms with E-state index in [1.807, 2.05) is 58.0 Å². The summed E-state index contributed by atoms with van der Waals surface area (Å²) < 4.78 is 11.1. The van der Waals surface area contributed by atoms with E-state index >= 15 is 0 Å². The van der Waals surface area contributed by atoms with E-state index in [1.165, 1.54) is 0 Å². The van der Waals surface area contributed by atoms with Crippen LogP contribution in [0, 0.1) is 11.3 Å². The van der Waals surface area contributed by atoms with Gasteiger partial charge in [0.05, 0.1) is 30.9 Å². The van der Waals surface area contributed by atoms with Gasteiger partial charge in [0.1, 0.15) is 0 Å². The first-order chi connectivity index (χ1) is 13.9. The summed E-state index contributed by atoms with van der Waals surface area (Å²) in [6, 6.07) is 14.9. The Morgan fingerprint density at radius 1 is 1.14 bits per heavy atom. The summed E-state index contributed by atoms with van der Waals surface area (Å²) >= 11 is 0. The lowest BCUT2D eigenvalue weighted by Crippen LogP contribution is -2.32. The predicted octanol–water partition coefficient (Wildman–Crippen LogP) is 4.98. The van der Waals surface area contributed by atoms with Gasteiger partial charge in [-0.25, -0.2) is 0 Å². The third kappa shape index (κ3) is 5.86. The first-order valence-electron chi connectivity index (χ1n) is 9.73. The number of carbonyl (C=O) groups is 1. The van der Waals surface area contributed by atoms with Gasteiger partial charge in [-0.2, -0.15) is 5.26 Å². The molecule has 0 radical (unpaired) electrons. The van der Waals surface area contributed by atoms with Gasteiger partial charge < -0.3 is 14.4 Å². The maximum absolute atomic E-state index is 12.8. The van der Waals surface area contributed by atoms with Crippen LogP contribution < -0.4 is 9.47 Å². The molecule has 0 spiro atoms. The van der Waals surface area contributed by atoms with Crippen molar-refractivity contribution < 1.29 is 14.3 Å². The summed E-state index contributed by atoms with van der Waals surface area (Å²) in [7, 11) is 1.60. The van der Waals surface area contributed by atoms with Crippen LogP contribution in [-0.2, 0) is 4.79 Å². The number of benzene rings is 2. The van der Waals surface area contributed by atoms with Crippen LogP contribution in [0.1, 0.15) is 50.4 Å². The topological polar surface area (TPSA) is 62.6 Å². The number of hydrogen-bond donors (Lipinski definition) is 0. The van der Waals surface area contributed by atoms with Crippen molar-refractivity contribution in [1.29, 1.82) is 5.26 Å². The normalized spacial score (nSPS) is 11.9. The SMILES string of the molecule is CCN(C(=O)/C=C/c1ccc(OC(C)C)c(OC)c1)C(C)c1ccc(C#N)cc1. The Kier molecular flexibility index (Phi) is 7.85. The van der Waals surface area contributed by atoms with Gasteiger partial charge in [0.15, 0.2) is 11.5 Å². The van der Waals surface area contributed by atoms with Gasteiger partial charge in [0.2, 0.25) is 5.91 Å². The van der Waals surface area contributed by atoms with Crippen LogP contribution in [0.15, 0.2) is 48.5 Å². The molecule has 0 bridgehead atoms. The van der Waals surface area contributed by atoms with Gasteiger partial charge in [-0.05, 0) is 69.2 Å². The maximum atomic E-state index is 12.8. The van der Waals surface area contributed by atoms with Crippen LogP contribution in [0.5, 0.6) is 11.5 Å². The van der Waals surface area contributed by atoms with Crippen LogP contribution in [0.3, 0.4) is 0 Å². The van der Waals surface area contributed by atoms with Crippen LogP contribution in [-0.4, -0.2) is 30.6 Å². The first-order valence-corrected chi connectivity index (χ1v) is 9.73. The van der Waals surface area contributed by atoms with Gasteiger partial charge in [-0.3, -0.25) is 4.79 Å². The number of nitriles is 1. The Labute approximate surface area is 173 Å². The van der Waals surface area contributed by atoms with Crippen molar-refractivity contribution in [2.75, 3.05) is 13.7 Å². The van der Waals surface area contributed by atoms with E-state index in [9.17, 15) is 4.79 Å². The van der Waals surface area contributed by atoms with Crippen LogP contribution >= 0.6 is 0 Å². The van der Waals surface area contributed by atoms with Crippen molar-refractivity contribution in [1.82, 2.24) is 4.90 Å². The average molecular weight is 392 g/mol. The quantitative estimate of drug-likeness (QED) is 0.595. The van der Waals surface area contributed by atoms with Crippen LogP contribution in [0.25, 0.3) is 6.08 Å². The minimum Gasteiger partial charge on any atom is -0.493 e. The molecule has 2 rings (SSSR count). The number of carbonyl (C=O) groups excluding carboxylic acids is 1. The van der Waals surface area contributed by atoms with Crippen LogP contribution in [0.4, 0.5) is 0 Å². The second-order valence-electron chi connectivity index (χ2n) is 6.94. The largest absolute Gasteiger partial charge is 0.493 e. The summed E-state index contributed by atoms with van der Waals surface area (Å²) in [6.45, 7) is 8.43. The molecule has 1 amide bonds. The third-order valence-corrected chi connectivity index (χ3v) is 4.58. The molecular weight excluding hydrogens is 364 g/mol. The summed E-state index contributed by atoms with van der Waals surface area (Å²) in [5, 5.41) is 8.95. The molecule has 1 unspecified atom stereocenters. The molecule has 0 aliphatic rings. The Morgan fingerprint density at radius 3 is 2.38 bits per heavy atom. The minimum atomic E-state index is -0.0961. The summed E-state index contributed by atoms with van der Waals surface area (Å²) in [5.74, 6) is 1.23. The molecule has 152 valence electrons. The molecule has 2 aromatic carbocycles. The van der Waals surface area contributed by atoms with Gasteiger partial charge in [-0.15, -0.1) is 0 Å². The molecule has 0 N–H and O–H groups in total. The maximum Gasteiger partial charge on any atom is 0.247 e. The van der Waals surface area contributed by atoms with E-state index in [2.05, 4.69) is 6.07 Å². The number of ether oxygens (including phenoxy) is 2. The molecular formula is C24H28N2O3. The third-order valence-electron chi connectivity index (χ3n) is 4.58. The van der Waals surface area contributed by atoms with Crippen molar-refractivity contribution in [3.05, 3.63) is 65.2 Å². The molecule has 0 heterocycles. The average Bonchev–Trinajstić information content (AvgIpc) is 2.73. The Hall–Kier alpha value is -3.26. The lowest BCUT2D eigenvalue weighted by atomic mass is 10.0. The van der Waals surface area contributed by atoms with Gasteiger partial charge in [0, 0.05) is 12.6 Å².